The minimum atomic E-state index is -0.211. The van der Waals surface area contributed by atoms with Gasteiger partial charge in [-0.1, -0.05) is 92.8 Å². The van der Waals surface area contributed by atoms with Crippen molar-refractivity contribution in [1.29, 1.82) is 0 Å². The molecule has 0 radical (unpaired) electrons. The van der Waals surface area contributed by atoms with Crippen LogP contribution < -0.4 is 10.9 Å². The van der Waals surface area contributed by atoms with Crippen molar-refractivity contribution in [3.05, 3.63) is 100 Å². The van der Waals surface area contributed by atoms with Crippen LogP contribution in [0.5, 0.6) is 5.75 Å². The number of aromatic amines is 1. The second-order valence-electron chi connectivity index (χ2n) is 12.2. The normalized spacial score (nSPS) is 14.0. The first-order valence-corrected chi connectivity index (χ1v) is 16.6. The maximum Gasteiger partial charge on any atom is 0.248 e. The van der Waals surface area contributed by atoms with Crippen LogP contribution in [0.3, 0.4) is 0 Å². The van der Waals surface area contributed by atoms with Gasteiger partial charge in [0.05, 0.1) is 5.52 Å². The van der Waals surface area contributed by atoms with Gasteiger partial charge in [0.25, 0.3) is 0 Å². The molecular weight excluding hydrogens is 546 g/mol. The Bertz CT molecular complexity index is 1540. The number of carbonyl (C=O) groups is 1. The molecule has 1 aliphatic rings. The van der Waals surface area contributed by atoms with Crippen molar-refractivity contribution in [1.82, 2.24) is 15.2 Å². The number of pyridine rings is 1. The monoisotopic (exact) mass is 593 g/mol. The first kappa shape index (κ1) is 31.5. The van der Waals surface area contributed by atoms with Crippen molar-refractivity contribution < 1.29 is 9.90 Å². The van der Waals surface area contributed by atoms with Crippen molar-refractivity contribution in [3.63, 3.8) is 0 Å². The number of unbranched alkanes of at least 4 members (excludes halogenated alkanes) is 2. The Hall–Kier alpha value is -3.90. The van der Waals surface area contributed by atoms with Gasteiger partial charge < -0.3 is 20.3 Å². The lowest BCUT2D eigenvalue weighted by atomic mass is 10.0. The maximum atomic E-state index is 13.5. The van der Waals surface area contributed by atoms with E-state index in [2.05, 4.69) is 63.7 Å². The highest BCUT2D eigenvalue weighted by Crippen LogP contribution is 2.27. The number of H-pyrrole nitrogens is 1. The summed E-state index contributed by atoms with van der Waals surface area (Å²) in [4.78, 5) is 30.2. The summed E-state index contributed by atoms with van der Waals surface area (Å²) in [6, 6.07) is 26.5. The van der Waals surface area contributed by atoms with E-state index in [4.69, 9.17) is 0 Å². The smallest absolute Gasteiger partial charge is 0.248 e. The van der Waals surface area contributed by atoms with E-state index in [1.807, 2.05) is 12.1 Å². The van der Waals surface area contributed by atoms with Crippen LogP contribution >= 0.6 is 0 Å². The zero-order valence-electron chi connectivity index (χ0n) is 25.9. The molecule has 0 atom stereocenters. The van der Waals surface area contributed by atoms with Crippen LogP contribution in [0.25, 0.3) is 22.0 Å². The molecule has 6 heteroatoms. The standard InChI is InChI=1S/C38H47N3O3/c42-35-21-19-31(34-20-22-36(43)40-38(34)35)15-7-4-10-27-41(33-17-8-1-2-9-18-33)37(44)24-26-39-25-23-29-12-11-16-32(28-29)30-13-5-3-6-14-30/h3,5-6,11-14,16,19-22,28,33,39,42H,1-2,4,7-10,15,17-18,23-27H2,(H,40,43). The van der Waals surface area contributed by atoms with Crippen LogP contribution in [0.4, 0.5) is 0 Å². The van der Waals surface area contributed by atoms with Gasteiger partial charge in [0, 0.05) is 37.0 Å². The van der Waals surface area contributed by atoms with Crippen LogP contribution in [0.1, 0.15) is 75.3 Å². The van der Waals surface area contributed by atoms with Gasteiger partial charge in [-0.2, -0.15) is 0 Å². The number of rotatable bonds is 14. The number of phenols is 1. The summed E-state index contributed by atoms with van der Waals surface area (Å²) in [5.74, 6) is 0.384. The topological polar surface area (TPSA) is 85.4 Å². The number of benzene rings is 3. The number of hydrogen-bond donors (Lipinski definition) is 3. The average Bonchev–Trinajstić information content (AvgIpc) is 3.34. The van der Waals surface area contributed by atoms with Gasteiger partial charge in [-0.25, -0.2) is 0 Å². The van der Waals surface area contributed by atoms with E-state index >= 15 is 0 Å². The van der Waals surface area contributed by atoms with Crippen molar-refractivity contribution >= 4 is 16.8 Å². The Labute approximate surface area is 261 Å². The molecule has 3 aromatic carbocycles. The minimum absolute atomic E-state index is 0.103. The maximum absolute atomic E-state index is 13.5. The lowest BCUT2D eigenvalue weighted by Gasteiger charge is -2.31. The van der Waals surface area contributed by atoms with Crippen LogP contribution in [0, 0.1) is 0 Å². The predicted molar refractivity (Wildman–Crippen MR) is 180 cm³/mol. The Morgan fingerprint density at radius 1 is 0.818 bits per heavy atom. The third-order valence-electron chi connectivity index (χ3n) is 9.03. The van der Waals surface area contributed by atoms with Crippen LogP contribution in [-0.4, -0.2) is 46.6 Å². The summed E-state index contributed by atoms with van der Waals surface area (Å²) in [5.41, 5.74) is 5.21. The Morgan fingerprint density at radius 3 is 2.43 bits per heavy atom. The second kappa shape index (κ2) is 16.2. The summed E-state index contributed by atoms with van der Waals surface area (Å²) in [6.07, 6.45) is 12.6. The highest BCUT2D eigenvalue weighted by atomic mass is 16.3. The predicted octanol–water partition coefficient (Wildman–Crippen LogP) is 7.39. The second-order valence-corrected chi connectivity index (χ2v) is 12.2. The Balaban J connectivity index is 1.08. The van der Waals surface area contributed by atoms with Gasteiger partial charge in [0.1, 0.15) is 5.75 Å². The van der Waals surface area contributed by atoms with Gasteiger partial charge in [0.2, 0.25) is 11.5 Å². The highest BCUT2D eigenvalue weighted by Gasteiger charge is 2.24. The number of nitrogens with zero attached hydrogens (tertiary/aromatic N) is 1. The fraction of sp³-hybridized carbons (Fsp3) is 0.421. The van der Waals surface area contributed by atoms with E-state index in [-0.39, 0.29) is 17.2 Å². The summed E-state index contributed by atoms with van der Waals surface area (Å²) in [7, 11) is 0. The molecule has 0 bridgehead atoms. The Kier molecular flexibility index (Phi) is 11.6. The molecule has 0 unspecified atom stereocenters. The van der Waals surface area contributed by atoms with E-state index in [1.54, 1.807) is 12.1 Å². The lowest BCUT2D eigenvalue weighted by Crippen LogP contribution is -2.42. The minimum Gasteiger partial charge on any atom is -0.506 e. The van der Waals surface area contributed by atoms with E-state index < -0.39 is 0 Å². The number of nitrogens with one attached hydrogen (secondary N) is 2. The van der Waals surface area contributed by atoms with E-state index in [1.165, 1.54) is 48.4 Å². The average molecular weight is 594 g/mol. The first-order valence-electron chi connectivity index (χ1n) is 16.6. The third-order valence-corrected chi connectivity index (χ3v) is 9.03. The molecule has 0 saturated heterocycles. The molecule has 3 N–H and O–H groups in total. The largest absolute Gasteiger partial charge is 0.506 e. The molecule has 1 saturated carbocycles. The molecule has 0 aliphatic heterocycles. The fourth-order valence-corrected chi connectivity index (χ4v) is 6.60. The SMILES string of the molecule is O=C(CCNCCc1cccc(-c2ccccc2)c1)N(CCCCCc1ccc(O)c2[nH]c(=O)ccc12)C1CCCCCC1. The summed E-state index contributed by atoms with van der Waals surface area (Å²) in [5, 5.41) is 14.6. The molecule has 1 aliphatic carbocycles. The molecule has 1 heterocycles. The summed E-state index contributed by atoms with van der Waals surface area (Å²) < 4.78 is 0. The molecule has 44 heavy (non-hydrogen) atoms. The van der Waals surface area contributed by atoms with Gasteiger partial charge >= 0.3 is 0 Å². The van der Waals surface area contributed by atoms with Crippen LogP contribution in [0.2, 0.25) is 0 Å². The summed E-state index contributed by atoms with van der Waals surface area (Å²) in [6.45, 7) is 2.38. The molecule has 1 amide bonds. The molecule has 1 fully saturated rings. The number of amides is 1. The molecule has 5 rings (SSSR count). The molecule has 6 nitrogen and oxygen atoms in total. The van der Waals surface area contributed by atoms with E-state index in [0.717, 1.165) is 69.0 Å². The van der Waals surface area contributed by atoms with Crippen molar-refractivity contribution in [2.75, 3.05) is 19.6 Å². The zero-order valence-corrected chi connectivity index (χ0v) is 25.9. The van der Waals surface area contributed by atoms with Crippen LogP contribution in [0.15, 0.2) is 83.7 Å². The third kappa shape index (κ3) is 8.82. The number of phenolic OH excluding ortho intramolecular Hbond substituents is 1. The highest BCUT2D eigenvalue weighted by molar-refractivity contribution is 5.87. The fourth-order valence-electron chi connectivity index (χ4n) is 6.60. The van der Waals surface area contributed by atoms with Gasteiger partial charge in [-0.05, 0) is 79.5 Å². The van der Waals surface area contributed by atoms with Crippen LogP contribution in [-0.2, 0) is 17.6 Å². The zero-order chi connectivity index (χ0) is 30.6. The van der Waals surface area contributed by atoms with Crippen molar-refractivity contribution in [2.45, 2.75) is 83.1 Å². The number of hydrogen-bond acceptors (Lipinski definition) is 4. The number of aryl methyl sites for hydroxylation is 1. The van der Waals surface area contributed by atoms with E-state index in [0.29, 0.717) is 24.5 Å². The van der Waals surface area contributed by atoms with Gasteiger partial charge in [-0.3, -0.25) is 9.59 Å². The quantitative estimate of drug-likeness (QED) is 0.105. The first-order chi connectivity index (χ1) is 21.6. The lowest BCUT2D eigenvalue weighted by molar-refractivity contribution is -0.133. The summed E-state index contributed by atoms with van der Waals surface area (Å²) >= 11 is 0. The molecular formula is C38H47N3O3. The number of aromatic hydroxyl groups is 1. The van der Waals surface area contributed by atoms with Gasteiger partial charge in [-0.15, -0.1) is 0 Å². The Morgan fingerprint density at radius 2 is 1.61 bits per heavy atom. The number of aromatic nitrogens is 1. The van der Waals surface area contributed by atoms with E-state index in [9.17, 15) is 14.7 Å². The molecule has 1 aromatic heterocycles. The molecule has 232 valence electrons. The van der Waals surface area contributed by atoms with Gasteiger partial charge in [0.15, 0.2) is 0 Å². The van der Waals surface area contributed by atoms with Crippen molar-refractivity contribution in [2.24, 2.45) is 0 Å². The number of carbonyl (C=O) groups excluding carboxylic acids is 1. The van der Waals surface area contributed by atoms with Crippen molar-refractivity contribution in [3.8, 4) is 16.9 Å². The molecule has 0 spiro atoms. The molecule has 4 aromatic rings. The number of fused-ring (bicyclic) bond motifs is 1.